The average molecular weight is 162 g/mol. The molecule has 0 fully saturated rings. The van der Waals surface area contributed by atoms with Crippen molar-refractivity contribution in [3.63, 3.8) is 0 Å². The van der Waals surface area contributed by atoms with Gasteiger partial charge in [0.1, 0.15) is 0 Å². The van der Waals surface area contributed by atoms with Gasteiger partial charge in [-0.05, 0) is 12.1 Å². The zero-order valence-corrected chi connectivity index (χ0v) is 6.63. The van der Waals surface area contributed by atoms with Crippen LogP contribution in [0.3, 0.4) is 0 Å². The third kappa shape index (κ3) is 0.942. The van der Waals surface area contributed by atoms with Gasteiger partial charge in [0.15, 0.2) is 5.78 Å². The molecule has 0 aliphatic carbocycles. The van der Waals surface area contributed by atoms with E-state index in [0.717, 1.165) is 11.3 Å². The van der Waals surface area contributed by atoms with Crippen molar-refractivity contribution in [2.24, 2.45) is 0 Å². The molecule has 12 heavy (non-hydrogen) atoms. The van der Waals surface area contributed by atoms with Crippen LogP contribution < -0.4 is 11.1 Å². The molecule has 0 radical (unpaired) electrons. The SMILES string of the molecule is Nc1cccc2c1NCCC2=O. The lowest BCUT2D eigenvalue weighted by atomic mass is 10.0. The van der Waals surface area contributed by atoms with Crippen LogP contribution in [-0.4, -0.2) is 12.3 Å². The predicted molar refractivity (Wildman–Crippen MR) is 48.3 cm³/mol. The number of anilines is 2. The summed E-state index contributed by atoms with van der Waals surface area (Å²) >= 11 is 0. The standard InChI is InChI=1S/C9H10N2O/c10-7-3-1-2-6-8(12)4-5-11-9(6)7/h1-3,11H,4-5,10H2. The van der Waals surface area contributed by atoms with E-state index in [1.807, 2.05) is 0 Å². The maximum absolute atomic E-state index is 11.3. The monoisotopic (exact) mass is 162 g/mol. The van der Waals surface area contributed by atoms with E-state index in [9.17, 15) is 4.79 Å². The van der Waals surface area contributed by atoms with Gasteiger partial charge in [0, 0.05) is 18.5 Å². The number of Topliss-reactive ketones (excluding diaryl/α,β-unsaturated/α-hetero) is 1. The molecular weight excluding hydrogens is 152 g/mol. The number of nitrogens with two attached hydrogens (primary N) is 1. The van der Waals surface area contributed by atoms with Crippen LogP contribution in [0.2, 0.25) is 0 Å². The highest BCUT2D eigenvalue weighted by Crippen LogP contribution is 2.27. The molecule has 0 bridgehead atoms. The summed E-state index contributed by atoms with van der Waals surface area (Å²) < 4.78 is 0. The highest BCUT2D eigenvalue weighted by molar-refractivity contribution is 6.05. The Labute approximate surface area is 70.6 Å². The Hall–Kier alpha value is -1.51. The molecule has 0 aromatic heterocycles. The zero-order chi connectivity index (χ0) is 8.55. The predicted octanol–water partition coefficient (Wildman–Crippen LogP) is 1.27. The lowest BCUT2D eigenvalue weighted by Crippen LogP contribution is -2.18. The lowest BCUT2D eigenvalue weighted by molar-refractivity contribution is 0.0984. The van der Waals surface area contributed by atoms with Gasteiger partial charge in [-0.2, -0.15) is 0 Å². The smallest absolute Gasteiger partial charge is 0.166 e. The topological polar surface area (TPSA) is 55.1 Å². The van der Waals surface area contributed by atoms with Crippen molar-refractivity contribution in [2.75, 3.05) is 17.6 Å². The number of carbonyl (C=O) groups excluding carboxylic acids is 1. The number of nitrogens with one attached hydrogen (secondary N) is 1. The molecular formula is C9H10N2O. The summed E-state index contributed by atoms with van der Waals surface area (Å²) in [5.41, 5.74) is 7.87. The highest BCUT2D eigenvalue weighted by atomic mass is 16.1. The van der Waals surface area contributed by atoms with Gasteiger partial charge in [0.05, 0.1) is 11.4 Å². The summed E-state index contributed by atoms with van der Waals surface area (Å²) in [5, 5.41) is 3.12. The molecule has 3 heteroatoms. The van der Waals surface area contributed by atoms with Crippen LogP contribution in [0.1, 0.15) is 16.8 Å². The highest BCUT2D eigenvalue weighted by Gasteiger charge is 2.17. The van der Waals surface area contributed by atoms with E-state index < -0.39 is 0 Å². The van der Waals surface area contributed by atoms with E-state index in [0.29, 0.717) is 18.7 Å². The van der Waals surface area contributed by atoms with Gasteiger partial charge in [-0.15, -0.1) is 0 Å². The molecule has 0 atom stereocenters. The summed E-state index contributed by atoms with van der Waals surface area (Å²) in [5.74, 6) is 0.177. The van der Waals surface area contributed by atoms with E-state index in [1.54, 1.807) is 18.2 Å². The van der Waals surface area contributed by atoms with Crippen molar-refractivity contribution in [1.29, 1.82) is 0 Å². The van der Waals surface area contributed by atoms with Crippen LogP contribution in [0.25, 0.3) is 0 Å². The number of benzene rings is 1. The molecule has 1 aromatic rings. The summed E-state index contributed by atoms with van der Waals surface area (Å²) in [7, 11) is 0. The van der Waals surface area contributed by atoms with Crippen LogP contribution in [0.15, 0.2) is 18.2 Å². The fraction of sp³-hybridized carbons (Fsp3) is 0.222. The first-order valence-corrected chi connectivity index (χ1v) is 3.94. The fourth-order valence-corrected chi connectivity index (χ4v) is 1.44. The molecule has 3 nitrogen and oxygen atoms in total. The Balaban J connectivity index is 2.59. The quantitative estimate of drug-likeness (QED) is 0.565. The van der Waals surface area contributed by atoms with Crippen LogP contribution in [0.4, 0.5) is 11.4 Å². The molecule has 0 amide bonds. The second kappa shape index (κ2) is 2.52. The normalized spacial score (nSPS) is 15.2. The summed E-state index contributed by atoms with van der Waals surface area (Å²) in [6.45, 7) is 0.694. The Morgan fingerprint density at radius 2 is 2.25 bits per heavy atom. The zero-order valence-electron chi connectivity index (χ0n) is 6.63. The van der Waals surface area contributed by atoms with Crippen molar-refractivity contribution >= 4 is 17.2 Å². The maximum Gasteiger partial charge on any atom is 0.166 e. The number of ketones is 1. The van der Waals surface area contributed by atoms with Gasteiger partial charge >= 0.3 is 0 Å². The molecule has 1 aliphatic heterocycles. The number of nitrogen functional groups attached to an aromatic ring is 1. The Kier molecular flexibility index (Phi) is 1.50. The number of rotatable bonds is 0. The number of fused-ring (bicyclic) bond motifs is 1. The third-order valence-electron chi connectivity index (χ3n) is 2.05. The second-order valence-electron chi connectivity index (χ2n) is 2.87. The minimum absolute atomic E-state index is 0.177. The molecule has 0 spiro atoms. The van der Waals surface area contributed by atoms with E-state index >= 15 is 0 Å². The van der Waals surface area contributed by atoms with Crippen LogP contribution in [0, 0.1) is 0 Å². The third-order valence-corrected chi connectivity index (χ3v) is 2.05. The first-order chi connectivity index (χ1) is 5.79. The van der Waals surface area contributed by atoms with Gasteiger partial charge in [0.2, 0.25) is 0 Å². The molecule has 1 aliphatic rings. The Morgan fingerprint density at radius 3 is 3.00 bits per heavy atom. The number of carbonyl (C=O) groups is 1. The number of para-hydroxylation sites is 1. The van der Waals surface area contributed by atoms with Crippen molar-refractivity contribution < 1.29 is 4.79 Å². The average Bonchev–Trinajstić information content (AvgIpc) is 2.07. The van der Waals surface area contributed by atoms with Crippen molar-refractivity contribution in [3.8, 4) is 0 Å². The van der Waals surface area contributed by atoms with E-state index in [4.69, 9.17) is 5.73 Å². The summed E-state index contributed by atoms with van der Waals surface area (Å²) in [6, 6.07) is 5.41. The fourth-order valence-electron chi connectivity index (χ4n) is 1.44. The lowest BCUT2D eigenvalue weighted by Gasteiger charge is -2.18. The first kappa shape index (κ1) is 7.16. The maximum atomic E-state index is 11.3. The molecule has 0 unspecified atom stereocenters. The van der Waals surface area contributed by atoms with Gasteiger partial charge in [-0.25, -0.2) is 0 Å². The molecule has 62 valence electrons. The Morgan fingerprint density at radius 1 is 1.42 bits per heavy atom. The molecule has 0 saturated carbocycles. The van der Waals surface area contributed by atoms with Gasteiger partial charge in [-0.3, -0.25) is 4.79 Å². The number of hydrogen-bond donors (Lipinski definition) is 2. The van der Waals surface area contributed by atoms with Crippen LogP contribution in [0.5, 0.6) is 0 Å². The molecule has 1 heterocycles. The van der Waals surface area contributed by atoms with Gasteiger partial charge in [-0.1, -0.05) is 6.07 Å². The van der Waals surface area contributed by atoms with Crippen LogP contribution >= 0.6 is 0 Å². The van der Waals surface area contributed by atoms with Gasteiger partial charge in [0.25, 0.3) is 0 Å². The molecule has 2 rings (SSSR count). The Bertz CT molecular complexity index is 333. The first-order valence-electron chi connectivity index (χ1n) is 3.94. The van der Waals surface area contributed by atoms with Crippen molar-refractivity contribution in [1.82, 2.24) is 0 Å². The van der Waals surface area contributed by atoms with Gasteiger partial charge < -0.3 is 11.1 Å². The summed E-state index contributed by atoms with van der Waals surface area (Å²) in [4.78, 5) is 11.3. The van der Waals surface area contributed by atoms with E-state index in [1.165, 1.54) is 0 Å². The van der Waals surface area contributed by atoms with E-state index in [-0.39, 0.29) is 5.78 Å². The molecule has 0 saturated heterocycles. The van der Waals surface area contributed by atoms with Crippen molar-refractivity contribution in [2.45, 2.75) is 6.42 Å². The molecule has 3 N–H and O–H groups in total. The second-order valence-corrected chi connectivity index (χ2v) is 2.87. The minimum atomic E-state index is 0.177. The van der Waals surface area contributed by atoms with Crippen molar-refractivity contribution in [3.05, 3.63) is 23.8 Å². The number of hydrogen-bond acceptors (Lipinski definition) is 3. The minimum Gasteiger partial charge on any atom is -0.397 e. The molecule has 1 aromatic carbocycles. The largest absolute Gasteiger partial charge is 0.397 e. The van der Waals surface area contributed by atoms with Crippen LogP contribution in [-0.2, 0) is 0 Å². The van der Waals surface area contributed by atoms with E-state index in [2.05, 4.69) is 5.32 Å². The summed E-state index contributed by atoms with van der Waals surface area (Å²) in [6.07, 6.45) is 0.566.